The SMILES string of the molecule is CCn1cnc(N(C(=O)c2c(C)nc3nc(-c4ccc(OC(F)F)cc4F)n(CC)c3c2CO)c2ccccc2F)n1. The molecule has 10 nitrogen and oxygen atoms in total. The van der Waals surface area contributed by atoms with Gasteiger partial charge in [0.25, 0.3) is 11.9 Å². The van der Waals surface area contributed by atoms with Gasteiger partial charge in [0.15, 0.2) is 5.65 Å². The Labute approximate surface area is 236 Å². The summed E-state index contributed by atoms with van der Waals surface area (Å²) in [5, 5.41) is 14.9. The third-order valence-electron chi connectivity index (χ3n) is 6.61. The molecule has 0 aliphatic rings. The quantitative estimate of drug-likeness (QED) is 0.232. The lowest BCUT2D eigenvalue weighted by Gasteiger charge is -2.22. The van der Waals surface area contributed by atoms with E-state index in [4.69, 9.17) is 0 Å². The van der Waals surface area contributed by atoms with Gasteiger partial charge in [-0.05, 0) is 45.0 Å². The highest BCUT2D eigenvalue weighted by Crippen LogP contribution is 2.35. The molecule has 3 aromatic heterocycles. The number of carbonyl (C=O) groups is 1. The lowest BCUT2D eigenvalue weighted by Crippen LogP contribution is -2.30. The van der Waals surface area contributed by atoms with Gasteiger partial charge >= 0.3 is 6.61 Å². The minimum Gasteiger partial charge on any atom is -0.435 e. The Morgan fingerprint density at radius 1 is 1.07 bits per heavy atom. The predicted molar refractivity (Wildman–Crippen MR) is 144 cm³/mol. The number of aromatic nitrogens is 6. The summed E-state index contributed by atoms with van der Waals surface area (Å²) in [6.45, 7) is 2.00. The van der Waals surface area contributed by atoms with Crippen molar-refractivity contribution in [1.82, 2.24) is 29.3 Å². The number of carbonyl (C=O) groups excluding carboxylic acids is 1. The number of imidazole rings is 1. The van der Waals surface area contributed by atoms with Crippen molar-refractivity contribution < 1.29 is 32.2 Å². The molecule has 0 atom stereocenters. The van der Waals surface area contributed by atoms with Gasteiger partial charge in [-0.3, -0.25) is 9.48 Å². The molecule has 218 valence electrons. The van der Waals surface area contributed by atoms with Gasteiger partial charge in [-0.1, -0.05) is 12.1 Å². The third kappa shape index (κ3) is 5.04. The lowest BCUT2D eigenvalue weighted by atomic mass is 10.0. The Balaban J connectivity index is 1.71. The topological polar surface area (TPSA) is 111 Å². The summed E-state index contributed by atoms with van der Waals surface area (Å²) in [7, 11) is 0. The molecule has 2 aromatic carbocycles. The first kappa shape index (κ1) is 28.7. The minimum absolute atomic E-state index is 0.0341. The first-order chi connectivity index (χ1) is 20.2. The second kappa shape index (κ2) is 11.6. The number of para-hydroxylation sites is 1. The highest BCUT2D eigenvalue weighted by molar-refractivity contribution is 6.13. The Bertz CT molecular complexity index is 1790. The van der Waals surface area contributed by atoms with E-state index in [1.165, 1.54) is 48.3 Å². The van der Waals surface area contributed by atoms with Crippen LogP contribution in [0.3, 0.4) is 0 Å². The molecular weight excluding hydrogens is 558 g/mol. The Morgan fingerprint density at radius 2 is 1.83 bits per heavy atom. The van der Waals surface area contributed by atoms with E-state index < -0.39 is 30.8 Å². The van der Waals surface area contributed by atoms with Crippen LogP contribution in [0.5, 0.6) is 5.75 Å². The fraction of sp³-hybridized carbons (Fsp3) is 0.250. The standard InChI is InChI=1S/C28H25F4N7O3/c1-4-37-14-33-28(36-37)39(21-9-7-6-8-19(21)29)26(41)22-15(3)34-24-23(18(22)13-40)38(5-2)25(35-24)17-11-10-16(12-20(17)30)42-27(31)32/h6-12,14,27,40H,4-5,13H2,1-3H3. The molecular formula is C28H25F4N7O3. The molecule has 0 spiro atoms. The Morgan fingerprint density at radius 3 is 2.45 bits per heavy atom. The molecule has 5 rings (SSSR count). The second-order valence-electron chi connectivity index (χ2n) is 9.07. The van der Waals surface area contributed by atoms with Crippen LogP contribution in [0.25, 0.3) is 22.6 Å². The van der Waals surface area contributed by atoms with Crippen LogP contribution < -0.4 is 9.64 Å². The number of hydrogen-bond acceptors (Lipinski definition) is 7. The molecule has 0 fully saturated rings. The van der Waals surface area contributed by atoms with E-state index in [1.807, 2.05) is 6.92 Å². The number of aliphatic hydroxyl groups is 1. The van der Waals surface area contributed by atoms with Crippen LogP contribution in [0.2, 0.25) is 0 Å². The second-order valence-corrected chi connectivity index (χ2v) is 9.07. The summed E-state index contributed by atoms with van der Waals surface area (Å²) in [5.74, 6) is -2.69. The number of nitrogens with zero attached hydrogens (tertiary/aromatic N) is 7. The molecule has 0 radical (unpaired) electrons. The monoisotopic (exact) mass is 583 g/mol. The molecule has 0 saturated carbocycles. The smallest absolute Gasteiger partial charge is 0.387 e. The average molecular weight is 584 g/mol. The average Bonchev–Trinajstić information content (AvgIpc) is 3.57. The van der Waals surface area contributed by atoms with E-state index in [-0.39, 0.29) is 63.3 Å². The van der Waals surface area contributed by atoms with E-state index in [0.29, 0.717) is 6.54 Å². The number of amides is 1. The van der Waals surface area contributed by atoms with Gasteiger partial charge in [0, 0.05) is 24.7 Å². The highest BCUT2D eigenvalue weighted by atomic mass is 19.3. The van der Waals surface area contributed by atoms with Crippen molar-refractivity contribution in [2.24, 2.45) is 0 Å². The van der Waals surface area contributed by atoms with Crippen molar-refractivity contribution in [3.05, 3.63) is 77.2 Å². The molecule has 0 unspecified atom stereocenters. The summed E-state index contributed by atoms with van der Waals surface area (Å²) in [6.07, 6.45) is 1.41. The maximum atomic E-state index is 15.1. The van der Waals surface area contributed by atoms with Crippen LogP contribution in [0, 0.1) is 18.6 Å². The molecule has 0 aliphatic carbocycles. The normalized spacial score (nSPS) is 11.5. The number of aryl methyl sites for hydroxylation is 3. The number of benzene rings is 2. The van der Waals surface area contributed by atoms with Gasteiger partial charge < -0.3 is 14.4 Å². The number of pyridine rings is 1. The number of ether oxygens (including phenoxy) is 1. The maximum Gasteiger partial charge on any atom is 0.387 e. The van der Waals surface area contributed by atoms with E-state index in [2.05, 4.69) is 24.8 Å². The van der Waals surface area contributed by atoms with Gasteiger partial charge in [0.1, 0.15) is 29.5 Å². The largest absolute Gasteiger partial charge is 0.435 e. The zero-order valence-electron chi connectivity index (χ0n) is 22.7. The van der Waals surface area contributed by atoms with Gasteiger partial charge in [0.2, 0.25) is 0 Å². The lowest BCUT2D eigenvalue weighted by molar-refractivity contribution is -0.0499. The van der Waals surface area contributed by atoms with Crippen molar-refractivity contribution in [3.63, 3.8) is 0 Å². The Hall–Kier alpha value is -4.85. The number of halogens is 4. The predicted octanol–water partition coefficient (Wildman–Crippen LogP) is 5.39. The van der Waals surface area contributed by atoms with Crippen molar-refractivity contribution in [1.29, 1.82) is 0 Å². The van der Waals surface area contributed by atoms with Gasteiger partial charge in [-0.2, -0.15) is 13.8 Å². The molecule has 3 heterocycles. The fourth-order valence-electron chi connectivity index (χ4n) is 4.76. The van der Waals surface area contributed by atoms with E-state index in [9.17, 15) is 18.7 Å². The molecule has 1 N–H and O–H groups in total. The molecule has 0 aliphatic heterocycles. The summed E-state index contributed by atoms with van der Waals surface area (Å²) < 4.78 is 62.7. The molecule has 42 heavy (non-hydrogen) atoms. The number of anilines is 2. The van der Waals surface area contributed by atoms with Gasteiger partial charge in [0.05, 0.1) is 34.6 Å². The van der Waals surface area contributed by atoms with E-state index >= 15 is 8.78 Å². The van der Waals surface area contributed by atoms with Crippen LogP contribution in [-0.4, -0.2) is 46.9 Å². The van der Waals surface area contributed by atoms with Crippen LogP contribution in [-0.2, 0) is 19.7 Å². The number of aliphatic hydroxyl groups excluding tert-OH is 1. The van der Waals surface area contributed by atoms with E-state index in [1.54, 1.807) is 17.6 Å². The number of hydrogen-bond donors (Lipinski definition) is 1. The van der Waals surface area contributed by atoms with Crippen molar-refractivity contribution >= 4 is 28.7 Å². The van der Waals surface area contributed by atoms with Crippen molar-refractivity contribution in [2.45, 2.75) is 47.1 Å². The Kier molecular flexibility index (Phi) is 7.89. The van der Waals surface area contributed by atoms with Crippen LogP contribution >= 0.6 is 0 Å². The number of fused-ring (bicyclic) bond motifs is 1. The van der Waals surface area contributed by atoms with Gasteiger partial charge in [-0.25, -0.2) is 23.6 Å². The zero-order chi connectivity index (χ0) is 30.1. The zero-order valence-corrected chi connectivity index (χ0v) is 22.7. The number of rotatable bonds is 9. The van der Waals surface area contributed by atoms with Crippen LogP contribution in [0.4, 0.5) is 29.2 Å². The molecule has 14 heteroatoms. The first-order valence-corrected chi connectivity index (χ1v) is 12.9. The van der Waals surface area contributed by atoms with Crippen LogP contribution in [0.15, 0.2) is 48.8 Å². The maximum absolute atomic E-state index is 15.1. The molecule has 0 bridgehead atoms. The summed E-state index contributed by atoms with van der Waals surface area (Å²) in [6, 6.07) is 8.87. The van der Waals surface area contributed by atoms with Gasteiger partial charge in [-0.15, -0.1) is 5.10 Å². The van der Waals surface area contributed by atoms with Crippen molar-refractivity contribution in [2.75, 3.05) is 4.90 Å². The van der Waals surface area contributed by atoms with E-state index in [0.717, 1.165) is 11.0 Å². The minimum atomic E-state index is -3.12. The number of alkyl halides is 2. The summed E-state index contributed by atoms with van der Waals surface area (Å²) >= 11 is 0. The highest BCUT2D eigenvalue weighted by Gasteiger charge is 2.32. The molecule has 5 aromatic rings. The third-order valence-corrected chi connectivity index (χ3v) is 6.61. The molecule has 0 saturated heterocycles. The first-order valence-electron chi connectivity index (χ1n) is 12.9. The summed E-state index contributed by atoms with van der Waals surface area (Å²) in [5.41, 5.74) is 0.466. The van der Waals surface area contributed by atoms with Crippen molar-refractivity contribution in [3.8, 4) is 17.1 Å². The van der Waals surface area contributed by atoms with Crippen LogP contribution in [0.1, 0.15) is 35.5 Å². The molecule has 1 amide bonds. The fourth-order valence-corrected chi connectivity index (χ4v) is 4.76. The summed E-state index contributed by atoms with van der Waals surface area (Å²) in [4.78, 5) is 28.4.